The molecule has 0 spiro atoms. The van der Waals surface area contributed by atoms with Crippen LogP contribution in [-0.2, 0) is 6.54 Å². The fourth-order valence-corrected chi connectivity index (χ4v) is 6.81. The van der Waals surface area contributed by atoms with E-state index in [0.717, 1.165) is 25.3 Å². The Bertz CT molecular complexity index is 1900. The smallest absolute Gasteiger partial charge is 0.259 e. The van der Waals surface area contributed by atoms with Gasteiger partial charge >= 0.3 is 0 Å². The second-order valence-corrected chi connectivity index (χ2v) is 10.8. The van der Waals surface area contributed by atoms with Crippen LogP contribution in [0.25, 0.3) is 43.6 Å². The van der Waals surface area contributed by atoms with E-state index in [0.29, 0.717) is 68.8 Å². The van der Waals surface area contributed by atoms with Gasteiger partial charge in [-0.25, -0.2) is 8.78 Å². The summed E-state index contributed by atoms with van der Waals surface area (Å²) in [5.41, 5.74) is 2.06. The molecule has 10 heteroatoms. The third kappa shape index (κ3) is 3.24. The molecule has 8 nitrogen and oxygen atoms in total. The van der Waals surface area contributed by atoms with Crippen LogP contribution < -0.4 is 5.32 Å². The van der Waals surface area contributed by atoms with Gasteiger partial charge in [-0.05, 0) is 38.8 Å². The predicted octanol–water partition coefficient (Wildman–Crippen LogP) is 5.26. The lowest BCUT2D eigenvalue weighted by Crippen LogP contribution is -2.45. The third-order valence-electron chi connectivity index (χ3n) is 8.62. The molecule has 200 valence electrons. The summed E-state index contributed by atoms with van der Waals surface area (Å²) in [5, 5.41) is 24.2. The maximum atomic E-state index is 14.7. The Kier molecular flexibility index (Phi) is 5.00. The molecule has 2 aromatic heterocycles. The number of H-pyrrole nitrogens is 1. The van der Waals surface area contributed by atoms with E-state index >= 15 is 0 Å². The van der Waals surface area contributed by atoms with Gasteiger partial charge < -0.3 is 19.8 Å². The first-order valence-corrected chi connectivity index (χ1v) is 13.1. The Morgan fingerprint density at radius 1 is 0.872 bits per heavy atom. The molecular formula is C29H26F2N4O4. The van der Waals surface area contributed by atoms with Crippen LogP contribution in [0.2, 0.25) is 0 Å². The number of hydrogen-bond acceptors (Lipinski definition) is 5. The Hall–Kier alpha value is -4.18. The fourth-order valence-electron chi connectivity index (χ4n) is 6.81. The molecular weight excluding hydrogens is 506 g/mol. The Labute approximate surface area is 220 Å². The minimum atomic E-state index is -0.859. The molecule has 1 fully saturated rings. The Morgan fingerprint density at radius 2 is 1.49 bits per heavy atom. The predicted molar refractivity (Wildman–Crippen MR) is 143 cm³/mol. The number of piperidine rings is 1. The Balaban J connectivity index is 1.62. The van der Waals surface area contributed by atoms with E-state index in [-0.39, 0.29) is 11.1 Å². The van der Waals surface area contributed by atoms with E-state index in [1.807, 2.05) is 4.57 Å². The van der Waals surface area contributed by atoms with Gasteiger partial charge in [0.15, 0.2) is 23.1 Å². The van der Waals surface area contributed by atoms with Gasteiger partial charge in [0.05, 0.1) is 33.2 Å². The zero-order valence-corrected chi connectivity index (χ0v) is 21.4. The summed E-state index contributed by atoms with van der Waals surface area (Å²) in [6.45, 7) is 5.52. The van der Waals surface area contributed by atoms with Crippen molar-refractivity contribution in [2.45, 2.75) is 51.7 Å². The number of phenolic OH excluding ortho intramolecular Hbond substituents is 2. The molecule has 4 heterocycles. The van der Waals surface area contributed by atoms with E-state index < -0.39 is 34.9 Å². The van der Waals surface area contributed by atoms with Crippen LogP contribution in [0.15, 0.2) is 24.3 Å². The van der Waals surface area contributed by atoms with Gasteiger partial charge in [-0.1, -0.05) is 6.42 Å². The Morgan fingerprint density at radius 3 is 2.18 bits per heavy atom. The second kappa shape index (κ2) is 8.16. The summed E-state index contributed by atoms with van der Waals surface area (Å²) in [4.78, 5) is 31.9. The maximum absolute atomic E-state index is 14.7. The number of aromatic hydroxyl groups is 2. The third-order valence-corrected chi connectivity index (χ3v) is 8.62. The molecule has 1 saturated heterocycles. The number of amides is 2. The lowest BCUT2D eigenvalue weighted by atomic mass is 9.96. The lowest BCUT2D eigenvalue weighted by Gasteiger charge is -2.39. The van der Waals surface area contributed by atoms with Crippen molar-refractivity contribution in [3.8, 4) is 11.5 Å². The molecule has 7 rings (SSSR count). The van der Waals surface area contributed by atoms with Crippen LogP contribution >= 0.6 is 0 Å². The highest BCUT2D eigenvalue weighted by atomic mass is 19.1. The van der Waals surface area contributed by atoms with Gasteiger partial charge in [0.2, 0.25) is 0 Å². The van der Waals surface area contributed by atoms with Crippen molar-refractivity contribution in [2.24, 2.45) is 0 Å². The number of halogens is 2. The zero-order valence-electron chi connectivity index (χ0n) is 21.4. The molecule has 2 amide bonds. The van der Waals surface area contributed by atoms with Gasteiger partial charge in [0.25, 0.3) is 11.8 Å². The SMILES string of the molecule is C[C@@H]1CCC[C@H](C)N1CCn1c2cc(O)c(F)cc2c2c3c(c4c5cc(F)c(O)cc5[nH]c4c21)C(=O)NC3=O. The molecule has 0 unspecified atom stereocenters. The van der Waals surface area contributed by atoms with Crippen molar-refractivity contribution >= 4 is 55.4 Å². The topological polar surface area (TPSA) is 111 Å². The number of hydrogen-bond donors (Lipinski definition) is 4. The van der Waals surface area contributed by atoms with Crippen LogP contribution in [0.4, 0.5) is 8.78 Å². The van der Waals surface area contributed by atoms with E-state index in [9.17, 15) is 28.6 Å². The summed E-state index contributed by atoms with van der Waals surface area (Å²) >= 11 is 0. The molecule has 5 aromatic rings. The number of aromatic nitrogens is 2. The second-order valence-electron chi connectivity index (χ2n) is 10.8. The van der Waals surface area contributed by atoms with Crippen molar-refractivity contribution in [1.29, 1.82) is 0 Å². The van der Waals surface area contributed by atoms with Gasteiger partial charge in [0.1, 0.15) is 0 Å². The number of likely N-dealkylation sites (tertiary alicyclic amines) is 1. The van der Waals surface area contributed by atoms with Gasteiger partial charge in [-0.2, -0.15) is 0 Å². The molecule has 2 aliphatic heterocycles. The summed E-state index contributed by atoms with van der Waals surface area (Å²) < 4.78 is 31.2. The number of nitrogens with one attached hydrogen (secondary N) is 2. The number of carbonyl (C=O) groups excluding carboxylic acids is 2. The first-order valence-electron chi connectivity index (χ1n) is 13.1. The number of imide groups is 1. The van der Waals surface area contributed by atoms with E-state index in [1.165, 1.54) is 18.2 Å². The number of nitrogens with zero attached hydrogens (tertiary/aromatic N) is 2. The zero-order chi connectivity index (χ0) is 27.3. The quantitative estimate of drug-likeness (QED) is 0.237. The van der Waals surface area contributed by atoms with E-state index in [2.05, 4.69) is 29.0 Å². The molecule has 0 radical (unpaired) electrons. The van der Waals surface area contributed by atoms with Crippen LogP contribution in [0.3, 0.4) is 0 Å². The van der Waals surface area contributed by atoms with Crippen LogP contribution in [-0.4, -0.2) is 55.1 Å². The van der Waals surface area contributed by atoms with Crippen molar-refractivity contribution in [3.63, 3.8) is 0 Å². The summed E-state index contributed by atoms with van der Waals surface area (Å²) in [7, 11) is 0. The van der Waals surface area contributed by atoms with E-state index in [1.54, 1.807) is 0 Å². The normalized spacial score (nSPS) is 20.1. The van der Waals surface area contributed by atoms with E-state index in [4.69, 9.17) is 0 Å². The van der Waals surface area contributed by atoms with Crippen molar-refractivity contribution in [3.05, 3.63) is 47.0 Å². The molecule has 39 heavy (non-hydrogen) atoms. The maximum Gasteiger partial charge on any atom is 0.259 e. The van der Waals surface area contributed by atoms with Gasteiger partial charge in [-0.15, -0.1) is 0 Å². The molecule has 0 aliphatic carbocycles. The van der Waals surface area contributed by atoms with Crippen molar-refractivity contribution < 1.29 is 28.6 Å². The molecule has 3 aromatic carbocycles. The van der Waals surface area contributed by atoms with Crippen molar-refractivity contribution in [1.82, 2.24) is 19.8 Å². The monoisotopic (exact) mass is 532 g/mol. The fraction of sp³-hybridized carbons (Fsp3) is 0.310. The highest BCUT2D eigenvalue weighted by molar-refractivity contribution is 6.39. The average molecular weight is 533 g/mol. The van der Waals surface area contributed by atoms with Crippen LogP contribution in [0.5, 0.6) is 11.5 Å². The number of fused-ring (bicyclic) bond motifs is 10. The molecule has 2 atom stereocenters. The standard InChI is InChI=1S/C29H26F2N4O4/c1-12-4-3-5-13(2)34(12)6-7-35-19-11-21(37)17(31)9-15(19)23-25-24(28(38)33-29(25)39)22-14-8-16(30)20(36)10-18(14)32-26(22)27(23)35/h8-13,32,36-37H,3-7H2,1-2H3,(H,33,38,39)/t12-,13+. The van der Waals surface area contributed by atoms with Crippen molar-refractivity contribution in [2.75, 3.05) is 6.54 Å². The minimum absolute atomic E-state index is 0.0737. The summed E-state index contributed by atoms with van der Waals surface area (Å²) in [6.07, 6.45) is 3.33. The number of phenols is 2. The molecule has 4 N–H and O–H groups in total. The minimum Gasteiger partial charge on any atom is -0.505 e. The lowest BCUT2D eigenvalue weighted by molar-refractivity contribution is 0.0880. The number of benzene rings is 3. The number of rotatable bonds is 3. The first kappa shape index (κ1) is 23.9. The molecule has 2 aliphatic rings. The average Bonchev–Trinajstić information content (AvgIpc) is 3.48. The van der Waals surface area contributed by atoms with Gasteiger partial charge in [-0.3, -0.25) is 19.8 Å². The highest BCUT2D eigenvalue weighted by Gasteiger charge is 2.36. The summed E-state index contributed by atoms with van der Waals surface area (Å²) in [6, 6.07) is 5.66. The van der Waals surface area contributed by atoms with Gasteiger partial charge in [0, 0.05) is 58.9 Å². The largest absolute Gasteiger partial charge is 0.505 e. The highest BCUT2D eigenvalue weighted by Crippen LogP contribution is 2.45. The number of aromatic amines is 1. The summed E-state index contributed by atoms with van der Waals surface area (Å²) in [5.74, 6) is -4.04. The van der Waals surface area contributed by atoms with Crippen LogP contribution in [0, 0.1) is 11.6 Å². The number of carbonyl (C=O) groups is 2. The molecule has 0 saturated carbocycles. The van der Waals surface area contributed by atoms with Crippen LogP contribution in [0.1, 0.15) is 53.8 Å². The molecule has 0 bridgehead atoms. The first-order chi connectivity index (χ1) is 18.7.